The van der Waals surface area contributed by atoms with E-state index in [1.165, 1.54) is 12.3 Å². The zero-order valence-corrected chi connectivity index (χ0v) is 11.4. The number of phosphoric ester groups is 1. The second-order valence-corrected chi connectivity index (χ2v) is 5.61. The minimum atomic E-state index is -4.74. The number of nitrogens with zero attached hydrogens (tertiary/aromatic N) is 2. The molecule has 0 aliphatic carbocycles. The molecule has 0 amide bonds. The Labute approximate surface area is 117 Å². The molecule has 2 rings (SSSR count). The van der Waals surface area contributed by atoms with Crippen LogP contribution in [0.15, 0.2) is 17.1 Å². The third-order valence-electron chi connectivity index (χ3n) is 2.87. The molecule has 0 aromatic carbocycles. The standard InChI is InChI=1S/C9H14N3O8P/c10-5-1-2-12(9(15)11-5)8-7(14)6(13)4(20-8)3-19-21(16,17)18/h1-2,4,6-8,13-14H,3H2,(H2,10,11,15)(H2,16,17,18)/t4-,6?,7+,8-/m1/s1. The van der Waals surface area contributed by atoms with Crippen LogP contribution in [-0.2, 0) is 13.8 Å². The zero-order chi connectivity index (χ0) is 15.8. The Bertz CT molecular complexity index is 615. The van der Waals surface area contributed by atoms with Gasteiger partial charge in [0, 0.05) is 6.20 Å². The van der Waals surface area contributed by atoms with Gasteiger partial charge in [0.25, 0.3) is 0 Å². The molecule has 1 aromatic rings. The van der Waals surface area contributed by atoms with Gasteiger partial charge < -0.3 is 30.5 Å². The van der Waals surface area contributed by atoms with Crippen molar-refractivity contribution in [3.05, 3.63) is 22.7 Å². The van der Waals surface area contributed by atoms with Crippen molar-refractivity contribution >= 4 is 13.6 Å². The van der Waals surface area contributed by atoms with Gasteiger partial charge in [-0.1, -0.05) is 0 Å². The molecule has 4 atom stereocenters. The summed E-state index contributed by atoms with van der Waals surface area (Å²) in [5.74, 6) is -0.0225. The van der Waals surface area contributed by atoms with Crippen molar-refractivity contribution in [2.45, 2.75) is 24.5 Å². The summed E-state index contributed by atoms with van der Waals surface area (Å²) in [5, 5.41) is 19.6. The normalized spacial score (nSPS) is 29.7. The van der Waals surface area contributed by atoms with Crippen LogP contribution in [0.1, 0.15) is 6.23 Å². The number of nitrogens with two attached hydrogens (primary N) is 1. The van der Waals surface area contributed by atoms with Crippen molar-refractivity contribution in [2.75, 3.05) is 12.3 Å². The molecular formula is C9H14N3O8P. The SMILES string of the molecule is Nc1ccn([C@@H]2O[C@H](COP(=O)(O)O)C(O)[C@@H]2O)c(=O)n1. The third-order valence-corrected chi connectivity index (χ3v) is 3.36. The number of ether oxygens (including phenoxy) is 1. The van der Waals surface area contributed by atoms with E-state index in [-0.39, 0.29) is 5.82 Å². The Morgan fingerprint density at radius 2 is 2.10 bits per heavy atom. The molecule has 11 nitrogen and oxygen atoms in total. The molecule has 1 saturated heterocycles. The molecule has 0 bridgehead atoms. The number of rotatable bonds is 4. The quantitative estimate of drug-likeness (QED) is 0.374. The van der Waals surface area contributed by atoms with Gasteiger partial charge in [-0.2, -0.15) is 4.98 Å². The van der Waals surface area contributed by atoms with Crippen LogP contribution in [0.2, 0.25) is 0 Å². The fourth-order valence-corrected chi connectivity index (χ4v) is 2.23. The van der Waals surface area contributed by atoms with Crippen LogP contribution in [0.5, 0.6) is 0 Å². The Morgan fingerprint density at radius 3 is 2.67 bits per heavy atom. The molecule has 12 heteroatoms. The topological polar surface area (TPSA) is 177 Å². The maximum absolute atomic E-state index is 11.6. The van der Waals surface area contributed by atoms with Crippen LogP contribution in [0.3, 0.4) is 0 Å². The first-order chi connectivity index (χ1) is 9.69. The second-order valence-electron chi connectivity index (χ2n) is 4.37. The molecular weight excluding hydrogens is 309 g/mol. The van der Waals surface area contributed by atoms with Gasteiger partial charge in [-0.05, 0) is 6.07 Å². The number of hydrogen-bond acceptors (Lipinski definition) is 8. The molecule has 0 saturated carbocycles. The van der Waals surface area contributed by atoms with Crippen molar-refractivity contribution in [3.8, 4) is 0 Å². The van der Waals surface area contributed by atoms with E-state index in [1.54, 1.807) is 0 Å². The first kappa shape index (κ1) is 16.0. The van der Waals surface area contributed by atoms with Gasteiger partial charge in [-0.25, -0.2) is 9.36 Å². The first-order valence-corrected chi connectivity index (χ1v) is 7.28. The van der Waals surface area contributed by atoms with Crippen LogP contribution < -0.4 is 11.4 Å². The lowest BCUT2D eigenvalue weighted by atomic mass is 10.1. The zero-order valence-electron chi connectivity index (χ0n) is 10.5. The van der Waals surface area contributed by atoms with Crippen molar-refractivity contribution in [2.24, 2.45) is 0 Å². The Kier molecular flexibility index (Phi) is 4.44. The van der Waals surface area contributed by atoms with Gasteiger partial charge in [0.2, 0.25) is 0 Å². The Hall–Kier alpha value is -1.33. The molecule has 21 heavy (non-hydrogen) atoms. The van der Waals surface area contributed by atoms with E-state index in [1.807, 2.05) is 0 Å². The number of aromatic nitrogens is 2. The third kappa shape index (κ3) is 3.66. The first-order valence-electron chi connectivity index (χ1n) is 5.75. The van der Waals surface area contributed by atoms with Crippen LogP contribution in [0.25, 0.3) is 0 Å². The fourth-order valence-electron chi connectivity index (χ4n) is 1.89. The average molecular weight is 323 g/mol. The average Bonchev–Trinajstić information content (AvgIpc) is 2.64. The summed E-state index contributed by atoms with van der Waals surface area (Å²) in [6.45, 7) is -0.657. The van der Waals surface area contributed by atoms with Crippen molar-refractivity contribution < 1.29 is 33.8 Å². The van der Waals surface area contributed by atoms with E-state index in [4.69, 9.17) is 20.3 Å². The van der Waals surface area contributed by atoms with Crippen LogP contribution >= 0.6 is 7.82 Å². The van der Waals surface area contributed by atoms with E-state index >= 15 is 0 Å². The molecule has 0 radical (unpaired) electrons. The summed E-state index contributed by atoms with van der Waals surface area (Å²) in [6, 6.07) is 1.29. The molecule has 1 fully saturated rings. The number of nitrogen functional groups attached to an aromatic ring is 1. The summed E-state index contributed by atoms with van der Waals surface area (Å²) < 4.78 is 20.9. The van der Waals surface area contributed by atoms with Crippen LogP contribution in [0.4, 0.5) is 5.82 Å². The largest absolute Gasteiger partial charge is 0.469 e. The van der Waals surface area contributed by atoms with Gasteiger partial charge in [-0.3, -0.25) is 9.09 Å². The molecule has 1 aliphatic heterocycles. The van der Waals surface area contributed by atoms with Gasteiger partial charge in [0.1, 0.15) is 24.1 Å². The summed E-state index contributed by atoms with van der Waals surface area (Å²) in [5.41, 5.74) is 4.52. The molecule has 118 valence electrons. The highest BCUT2D eigenvalue weighted by Crippen LogP contribution is 2.38. The van der Waals surface area contributed by atoms with E-state index in [0.717, 1.165) is 4.57 Å². The van der Waals surface area contributed by atoms with Crippen LogP contribution in [-0.4, -0.2) is 54.5 Å². The van der Waals surface area contributed by atoms with Gasteiger partial charge in [0.05, 0.1) is 6.61 Å². The minimum Gasteiger partial charge on any atom is -0.387 e. The fraction of sp³-hybridized carbons (Fsp3) is 0.556. The lowest BCUT2D eigenvalue weighted by molar-refractivity contribution is -0.0542. The summed E-state index contributed by atoms with van der Waals surface area (Å²) >= 11 is 0. The molecule has 6 N–H and O–H groups in total. The highest BCUT2D eigenvalue weighted by atomic mass is 31.2. The van der Waals surface area contributed by atoms with E-state index in [0.29, 0.717) is 0 Å². The maximum Gasteiger partial charge on any atom is 0.469 e. The molecule has 1 aromatic heterocycles. The summed E-state index contributed by atoms with van der Waals surface area (Å²) in [6.07, 6.45) is -4.27. The second kappa shape index (κ2) is 5.81. The molecule has 2 heterocycles. The number of phosphoric acid groups is 1. The number of aliphatic hydroxyl groups excluding tert-OH is 2. The van der Waals surface area contributed by atoms with Crippen molar-refractivity contribution in [1.29, 1.82) is 0 Å². The number of hydrogen-bond donors (Lipinski definition) is 5. The monoisotopic (exact) mass is 323 g/mol. The number of aliphatic hydroxyl groups is 2. The summed E-state index contributed by atoms with van der Waals surface area (Å²) in [4.78, 5) is 32.3. The van der Waals surface area contributed by atoms with Gasteiger partial charge in [0.15, 0.2) is 6.23 Å². The maximum atomic E-state index is 11.6. The van der Waals surface area contributed by atoms with Gasteiger partial charge >= 0.3 is 13.5 Å². The highest BCUT2D eigenvalue weighted by molar-refractivity contribution is 7.46. The smallest absolute Gasteiger partial charge is 0.387 e. The molecule has 0 spiro atoms. The van der Waals surface area contributed by atoms with Crippen molar-refractivity contribution in [3.63, 3.8) is 0 Å². The number of anilines is 1. The Balaban J connectivity index is 2.16. The highest BCUT2D eigenvalue weighted by Gasteiger charge is 2.44. The van der Waals surface area contributed by atoms with E-state index in [2.05, 4.69) is 9.51 Å². The summed E-state index contributed by atoms with van der Waals surface area (Å²) in [7, 11) is -4.74. The lowest BCUT2D eigenvalue weighted by Gasteiger charge is -2.16. The van der Waals surface area contributed by atoms with Crippen molar-refractivity contribution in [1.82, 2.24) is 9.55 Å². The predicted octanol–water partition coefficient (Wildman–Crippen LogP) is -2.45. The van der Waals surface area contributed by atoms with E-state index in [9.17, 15) is 19.6 Å². The predicted molar refractivity (Wildman–Crippen MR) is 66.8 cm³/mol. The van der Waals surface area contributed by atoms with Gasteiger partial charge in [-0.15, -0.1) is 0 Å². The molecule has 1 unspecified atom stereocenters. The lowest BCUT2D eigenvalue weighted by Crippen LogP contribution is -2.36. The molecule has 1 aliphatic rings. The van der Waals surface area contributed by atoms with E-state index < -0.39 is 44.7 Å². The minimum absolute atomic E-state index is 0.0225. The Morgan fingerprint density at radius 1 is 1.43 bits per heavy atom. The van der Waals surface area contributed by atoms with Crippen LogP contribution in [0, 0.1) is 0 Å².